The summed E-state index contributed by atoms with van der Waals surface area (Å²) in [6.45, 7) is 2.20. The van der Waals surface area contributed by atoms with Crippen LogP contribution in [0.3, 0.4) is 0 Å². The summed E-state index contributed by atoms with van der Waals surface area (Å²) in [4.78, 5) is 10.3. The lowest BCUT2D eigenvalue weighted by Gasteiger charge is -2.21. The maximum absolute atomic E-state index is 10.3. The number of thioether (sulfide) groups is 1. The summed E-state index contributed by atoms with van der Waals surface area (Å²) in [6.07, 6.45) is 5.98. The minimum atomic E-state index is -0.673. The van der Waals surface area contributed by atoms with Gasteiger partial charge < -0.3 is 10.4 Å². The van der Waals surface area contributed by atoms with Crippen molar-refractivity contribution in [3.05, 3.63) is 0 Å². The van der Waals surface area contributed by atoms with Gasteiger partial charge in [-0.3, -0.25) is 4.79 Å². The number of carbonyl (C=O) groups is 1. The van der Waals surface area contributed by atoms with E-state index in [9.17, 15) is 4.79 Å². The van der Waals surface area contributed by atoms with Gasteiger partial charge in [0, 0.05) is 6.42 Å². The van der Waals surface area contributed by atoms with Crippen LogP contribution < -0.4 is 5.32 Å². The molecule has 0 unspecified atom stereocenters. The van der Waals surface area contributed by atoms with Gasteiger partial charge in [-0.15, -0.1) is 0 Å². The molecule has 0 atom stereocenters. The third-order valence-electron chi connectivity index (χ3n) is 3.02. The largest absolute Gasteiger partial charge is 0.481 e. The second-order valence-corrected chi connectivity index (χ2v) is 5.69. The van der Waals surface area contributed by atoms with Crippen LogP contribution in [-0.2, 0) is 4.79 Å². The van der Waals surface area contributed by atoms with Crippen molar-refractivity contribution in [1.29, 1.82) is 0 Å². The van der Waals surface area contributed by atoms with Crippen LogP contribution in [0.25, 0.3) is 0 Å². The summed E-state index contributed by atoms with van der Waals surface area (Å²) >= 11 is 2.07. The van der Waals surface area contributed by atoms with Gasteiger partial charge in [0.15, 0.2) is 0 Å². The zero-order valence-corrected chi connectivity index (χ0v) is 10.7. The van der Waals surface area contributed by atoms with E-state index in [2.05, 4.69) is 17.1 Å². The molecule has 0 bridgehead atoms. The zero-order chi connectivity index (χ0) is 11.6. The lowest BCUT2D eigenvalue weighted by Crippen LogP contribution is -2.26. The van der Waals surface area contributed by atoms with E-state index in [4.69, 9.17) is 5.11 Å². The van der Waals surface area contributed by atoms with Crippen molar-refractivity contribution in [3.8, 4) is 0 Å². The number of aliphatic carboxylic acids is 1. The summed E-state index contributed by atoms with van der Waals surface area (Å²) in [7, 11) is 0. The number of hydrogen-bond acceptors (Lipinski definition) is 3. The maximum Gasteiger partial charge on any atom is 0.303 e. The van der Waals surface area contributed by atoms with E-state index >= 15 is 0 Å². The van der Waals surface area contributed by atoms with Crippen molar-refractivity contribution in [1.82, 2.24) is 5.32 Å². The topological polar surface area (TPSA) is 49.3 Å². The van der Waals surface area contributed by atoms with E-state index in [1.54, 1.807) is 0 Å². The molecule has 0 radical (unpaired) electrons. The van der Waals surface area contributed by atoms with Gasteiger partial charge in [-0.25, -0.2) is 0 Å². The normalized spacial score (nSPS) is 17.5. The molecule has 1 heterocycles. The smallest absolute Gasteiger partial charge is 0.303 e. The van der Waals surface area contributed by atoms with Gasteiger partial charge in [-0.05, 0) is 56.2 Å². The van der Waals surface area contributed by atoms with Crippen molar-refractivity contribution in [2.24, 2.45) is 5.92 Å². The number of carboxylic acids is 1. The molecule has 0 amide bonds. The first-order valence-corrected chi connectivity index (χ1v) is 7.45. The zero-order valence-electron chi connectivity index (χ0n) is 9.91. The molecule has 4 heteroatoms. The minimum Gasteiger partial charge on any atom is -0.481 e. The van der Waals surface area contributed by atoms with Crippen molar-refractivity contribution in [3.63, 3.8) is 0 Å². The summed E-state index contributed by atoms with van der Waals surface area (Å²) in [5.41, 5.74) is 0. The average molecular weight is 245 g/mol. The molecule has 3 nitrogen and oxygen atoms in total. The first-order chi connectivity index (χ1) is 7.79. The number of unbranched alkanes of at least 4 members (excludes halogenated alkanes) is 2. The van der Waals surface area contributed by atoms with Gasteiger partial charge >= 0.3 is 5.97 Å². The Bertz CT molecular complexity index is 193. The molecule has 16 heavy (non-hydrogen) atoms. The number of nitrogens with one attached hydrogen (secondary N) is 1. The first-order valence-electron chi connectivity index (χ1n) is 6.29. The predicted molar refractivity (Wildman–Crippen MR) is 69.0 cm³/mol. The molecule has 1 saturated heterocycles. The van der Waals surface area contributed by atoms with Gasteiger partial charge in [0.05, 0.1) is 0 Å². The van der Waals surface area contributed by atoms with Crippen molar-refractivity contribution in [2.75, 3.05) is 24.6 Å². The lowest BCUT2D eigenvalue weighted by molar-refractivity contribution is -0.137. The average Bonchev–Trinajstić information content (AvgIpc) is 2.29. The van der Waals surface area contributed by atoms with Crippen LogP contribution in [0, 0.1) is 5.92 Å². The highest BCUT2D eigenvalue weighted by Crippen LogP contribution is 2.21. The first kappa shape index (κ1) is 13.8. The molecule has 0 aromatic heterocycles. The molecule has 1 aliphatic rings. The predicted octanol–water partition coefficient (Wildman–Crippen LogP) is 2.36. The van der Waals surface area contributed by atoms with Crippen LogP contribution in [0.1, 0.15) is 38.5 Å². The van der Waals surface area contributed by atoms with Crippen LogP contribution in [0.5, 0.6) is 0 Å². The van der Waals surface area contributed by atoms with Crippen molar-refractivity contribution in [2.45, 2.75) is 38.5 Å². The molecule has 1 fully saturated rings. The molecule has 2 N–H and O–H groups in total. The highest BCUT2D eigenvalue weighted by molar-refractivity contribution is 7.99. The van der Waals surface area contributed by atoms with E-state index in [1.807, 2.05) is 0 Å². The highest BCUT2D eigenvalue weighted by Gasteiger charge is 2.12. The quantitative estimate of drug-likeness (QED) is 0.645. The number of hydrogen-bond donors (Lipinski definition) is 2. The molecule has 0 aliphatic carbocycles. The summed E-state index contributed by atoms with van der Waals surface area (Å²) < 4.78 is 0. The van der Waals surface area contributed by atoms with E-state index in [0.29, 0.717) is 6.42 Å². The summed E-state index contributed by atoms with van der Waals surface area (Å²) in [6, 6.07) is 0. The maximum atomic E-state index is 10.3. The summed E-state index contributed by atoms with van der Waals surface area (Å²) in [5, 5.41) is 12.0. The molecular weight excluding hydrogens is 222 g/mol. The Kier molecular flexibility index (Phi) is 7.68. The fraction of sp³-hybridized carbons (Fsp3) is 0.917. The summed E-state index contributed by atoms with van der Waals surface area (Å²) in [5.74, 6) is 2.85. The Morgan fingerprint density at radius 3 is 2.69 bits per heavy atom. The van der Waals surface area contributed by atoms with Gasteiger partial charge in [0.1, 0.15) is 0 Å². The molecule has 1 rings (SSSR count). The monoisotopic (exact) mass is 245 g/mol. The number of carboxylic acid groups (broad SMARTS) is 1. The molecule has 1 aliphatic heterocycles. The molecule has 0 aromatic carbocycles. The van der Waals surface area contributed by atoms with Gasteiger partial charge in [-0.2, -0.15) is 11.8 Å². The molecule has 0 aromatic rings. The standard InChI is InChI=1S/C12H23NO2S/c14-12(15)4-2-1-3-7-13-10-11-5-8-16-9-6-11/h11,13H,1-10H2,(H,14,15). The fourth-order valence-corrected chi connectivity index (χ4v) is 3.16. The third kappa shape index (κ3) is 7.12. The highest BCUT2D eigenvalue weighted by atomic mass is 32.2. The molecule has 0 saturated carbocycles. The second-order valence-electron chi connectivity index (χ2n) is 4.46. The van der Waals surface area contributed by atoms with Gasteiger partial charge in [0.2, 0.25) is 0 Å². The Hall–Kier alpha value is -0.220. The lowest BCUT2D eigenvalue weighted by atomic mass is 10.0. The fourth-order valence-electron chi connectivity index (χ4n) is 1.96. The van der Waals surface area contributed by atoms with Crippen LogP contribution in [0.4, 0.5) is 0 Å². The van der Waals surface area contributed by atoms with Crippen molar-refractivity contribution >= 4 is 17.7 Å². The van der Waals surface area contributed by atoms with E-state index < -0.39 is 5.97 Å². The van der Waals surface area contributed by atoms with E-state index in [1.165, 1.54) is 24.3 Å². The minimum absolute atomic E-state index is 0.319. The Labute approximate surface area is 102 Å². The van der Waals surface area contributed by atoms with Crippen LogP contribution in [0.2, 0.25) is 0 Å². The SMILES string of the molecule is O=C(O)CCCCCNCC1CCSCC1. The Balaban J connectivity index is 1.82. The van der Waals surface area contributed by atoms with Crippen LogP contribution in [0.15, 0.2) is 0 Å². The Morgan fingerprint density at radius 2 is 2.00 bits per heavy atom. The third-order valence-corrected chi connectivity index (χ3v) is 4.07. The molecule has 94 valence electrons. The van der Waals surface area contributed by atoms with E-state index in [-0.39, 0.29) is 0 Å². The number of rotatable bonds is 8. The molecule has 0 spiro atoms. The van der Waals surface area contributed by atoms with Crippen LogP contribution in [-0.4, -0.2) is 35.7 Å². The van der Waals surface area contributed by atoms with Gasteiger partial charge in [-0.1, -0.05) is 6.42 Å². The molecular formula is C12H23NO2S. The van der Waals surface area contributed by atoms with Gasteiger partial charge in [0.25, 0.3) is 0 Å². The second kappa shape index (κ2) is 8.88. The van der Waals surface area contributed by atoms with E-state index in [0.717, 1.165) is 38.3 Å². The Morgan fingerprint density at radius 1 is 1.25 bits per heavy atom. The van der Waals surface area contributed by atoms with Crippen molar-refractivity contribution < 1.29 is 9.90 Å². The van der Waals surface area contributed by atoms with Crippen LogP contribution >= 0.6 is 11.8 Å².